The second-order valence-corrected chi connectivity index (χ2v) is 10.2. The van der Waals surface area contributed by atoms with Crippen LogP contribution in [0.25, 0.3) is 0 Å². The minimum atomic E-state index is -0.824. The molecule has 2 atom stereocenters. The molecule has 0 heterocycles. The van der Waals surface area contributed by atoms with Gasteiger partial charge in [-0.25, -0.2) is 4.79 Å². The van der Waals surface area contributed by atoms with E-state index in [1.165, 1.54) is 0 Å². The fraction of sp³-hybridized carbons (Fsp3) is 0.654. The van der Waals surface area contributed by atoms with Crippen LogP contribution in [0.15, 0.2) is 24.3 Å². The van der Waals surface area contributed by atoms with Crippen LogP contribution in [0.5, 0.6) is 0 Å². The molecule has 1 rings (SSSR count). The van der Waals surface area contributed by atoms with Crippen molar-refractivity contribution < 1.29 is 19.1 Å². The van der Waals surface area contributed by atoms with Crippen LogP contribution in [-0.4, -0.2) is 47.0 Å². The van der Waals surface area contributed by atoms with E-state index in [2.05, 4.69) is 10.6 Å². The Balaban J connectivity index is 3.44. The molecule has 2 N–H and O–H groups in total. The number of unbranched alkanes of at least 4 members (excludes halogenated alkanes) is 1. The van der Waals surface area contributed by atoms with Gasteiger partial charge in [0, 0.05) is 12.6 Å². The lowest BCUT2D eigenvalue weighted by Crippen LogP contribution is -2.55. The van der Waals surface area contributed by atoms with E-state index in [-0.39, 0.29) is 23.8 Å². The summed E-state index contributed by atoms with van der Waals surface area (Å²) in [5, 5.41) is 5.72. The van der Waals surface area contributed by atoms with E-state index in [1.54, 1.807) is 25.7 Å². The van der Waals surface area contributed by atoms with Crippen molar-refractivity contribution in [2.45, 2.75) is 98.9 Å². The Morgan fingerprint density at radius 1 is 1.03 bits per heavy atom. The molecule has 0 aliphatic heterocycles. The number of hydrogen-bond donors (Lipinski definition) is 2. The first-order valence-electron chi connectivity index (χ1n) is 11.9. The van der Waals surface area contributed by atoms with Gasteiger partial charge < -0.3 is 20.3 Å². The number of amides is 3. The van der Waals surface area contributed by atoms with Gasteiger partial charge in [-0.05, 0) is 65.0 Å². The maximum atomic E-state index is 13.9. The summed E-state index contributed by atoms with van der Waals surface area (Å²) in [4.78, 5) is 41.4. The number of aryl methyl sites for hydroxylation is 1. The third kappa shape index (κ3) is 9.06. The topological polar surface area (TPSA) is 87.7 Å². The van der Waals surface area contributed by atoms with Crippen LogP contribution in [0.4, 0.5) is 4.79 Å². The number of nitrogens with zero attached hydrogens (tertiary/aromatic N) is 1. The second-order valence-electron chi connectivity index (χ2n) is 10.2. The van der Waals surface area contributed by atoms with E-state index in [0.29, 0.717) is 6.54 Å². The van der Waals surface area contributed by atoms with Crippen LogP contribution < -0.4 is 10.6 Å². The van der Waals surface area contributed by atoms with Crippen molar-refractivity contribution in [3.05, 3.63) is 35.4 Å². The summed E-state index contributed by atoms with van der Waals surface area (Å²) in [5.41, 5.74) is 1.02. The number of rotatable bonds is 10. The van der Waals surface area contributed by atoms with E-state index < -0.39 is 23.8 Å². The molecule has 7 nitrogen and oxygen atoms in total. The molecule has 7 heteroatoms. The first-order chi connectivity index (χ1) is 15.3. The lowest BCUT2D eigenvalue weighted by atomic mass is 9.95. The van der Waals surface area contributed by atoms with Crippen molar-refractivity contribution in [2.24, 2.45) is 5.92 Å². The smallest absolute Gasteiger partial charge is 0.408 e. The molecule has 3 amide bonds. The molecule has 186 valence electrons. The van der Waals surface area contributed by atoms with Crippen LogP contribution in [0.1, 0.15) is 85.4 Å². The van der Waals surface area contributed by atoms with E-state index >= 15 is 0 Å². The van der Waals surface area contributed by atoms with Gasteiger partial charge in [-0.3, -0.25) is 9.59 Å². The summed E-state index contributed by atoms with van der Waals surface area (Å²) in [6.45, 7) is 17.2. The fourth-order valence-electron chi connectivity index (χ4n) is 3.53. The molecule has 2 unspecified atom stereocenters. The highest BCUT2D eigenvalue weighted by molar-refractivity contribution is 5.92. The molecular formula is C26H43N3O4. The van der Waals surface area contributed by atoms with Crippen molar-refractivity contribution in [3.8, 4) is 0 Å². The van der Waals surface area contributed by atoms with Gasteiger partial charge in [-0.1, -0.05) is 51.5 Å². The van der Waals surface area contributed by atoms with Crippen molar-refractivity contribution in [1.82, 2.24) is 15.5 Å². The van der Waals surface area contributed by atoms with Crippen LogP contribution in [0.3, 0.4) is 0 Å². The molecule has 0 aliphatic carbocycles. The zero-order chi connectivity index (χ0) is 25.3. The SMILES string of the molecule is CCCCN(C(=O)C(NC(=O)OC(C)(C)C)C(C)C)C(C(=O)NC(C)C)c1ccccc1C. The monoisotopic (exact) mass is 461 g/mol. The molecule has 0 aromatic heterocycles. The minimum Gasteiger partial charge on any atom is -0.444 e. The molecule has 0 radical (unpaired) electrons. The third-order valence-corrected chi connectivity index (χ3v) is 5.11. The molecule has 0 aliphatic rings. The van der Waals surface area contributed by atoms with Crippen molar-refractivity contribution >= 4 is 17.9 Å². The van der Waals surface area contributed by atoms with Gasteiger partial charge in [-0.15, -0.1) is 0 Å². The lowest BCUT2D eigenvalue weighted by Gasteiger charge is -2.36. The highest BCUT2D eigenvalue weighted by atomic mass is 16.6. The molecule has 1 aromatic carbocycles. The van der Waals surface area contributed by atoms with Gasteiger partial charge in [0.15, 0.2) is 0 Å². The van der Waals surface area contributed by atoms with Gasteiger partial charge >= 0.3 is 6.09 Å². The second kappa shape index (κ2) is 12.6. The molecular weight excluding hydrogens is 418 g/mol. The van der Waals surface area contributed by atoms with Gasteiger partial charge in [0.25, 0.3) is 0 Å². The number of alkyl carbamates (subject to hydrolysis) is 1. The van der Waals surface area contributed by atoms with E-state index in [4.69, 9.17) is 4.74 Å². The van der Waals surface area contributed by atoms with Gasteiger partial charge in [0.1, 0.15) is 17.7 Å². The molecule has 1 aromatic rings. The summed E-state index contributed by atoms with van der Waals surface area (Å²) < 4.78 is 5.39. The number of ether oxygens (including phenoxy) is 1. The van der Waals surface area contributed by atoms with E-state index in [0.717, 1.165) is 24.0 Å². The lowest BCUT2D eigenvalue weighted by molar-refractivity contribution is -0.143. The first-order valence-corrected chi connectivity index (χ1v) is 11.9. The number of carbonyl (C=O) groups is 3. The average molecular weight is 462 g/mol. The summed E-state index contributed by atoms with van der Waals surface area (Å²) in [6, 6.07) is 5.91. The predicted molar refractivity (Wildman–Crippen MR) is 132 cm³/mol. The van der Waals surface area contributed by atoms with Crippen LogP contribution in [-0.2, 0) is 14.3 Å². The minimum absolute atomic E-state index is 0.0760. The Hall–Kier alpha value is -2.57. The predicted octanol–water partition coefficient (Wildman–Crippen LogP) is 4.74. The number of hydrogen-bond acceptors (Lipinski definition) is 4. The molecule has 0 spiro atoms. The van der Waals surface area contributed by atoms with E-state index in [1.807, 2.05) is 65.8 Å². The highest BCUT2D eigenvalue weighted by Crippen LogP contribution is 2.27. The van der Waals surface area contributed by atoms with Gasteiger partial charge in [0.2, 0.25) is 11.8 Å². The molecule has 0 saturated heterocycles. The summed E-state index contributed by atoms with van der Waals surface area (Å²) in [6.07, 6.45) is 0.950. The zero-order valence-electron chi connectivity index (χ0n) is 21.8. The Morgan fingerprint density at radius 2 is 1.64 bits per heavy atom. The quantitative estimate of drug-likeness (QED) is 0.527. The highest BCUT2D eigenvalue weighted by Gasteiger charge is 2.37. The summed E-state index contributed by atoms with van der Waals surface area (Å²) >= 11 is 0. The van der Waals surface area contributed by atoms with Crippen LogP contribution in [0.2, 0.25) is 0 Å². The average Bonchev–Trinajstić information content (AvgIpc) is 2.67. The fourth-order valence-corrected chi connectivity index (χ4v) is 3.53. The number of benzene rings is 1. The first kappa shape index (κ1) is 28.5. The maximum Gasteiger partial charge on any atom is 0.408 e. The summed E-state index contributed by atoms with van der Waals surface area (Å²) in [5.74, 6) is -0.722. The number of carbonyl (C=O) groups excluding carboxylic acids is 3. The zero-order valence-corrected chi connectivity index (χ0v) is 21.8. The van der Waals surface area contributed by atoms with Gasteiger partial charge in [0.05, 0.1) is 0 Å². The van der Waals surface area contributed by atoms with Crippen molar-refractivity contribution in [2.75, 3.05) is 6.54 Å². The maximum absolute atomic E-state index is 13.9. The standard InChI is InChI=1S/C26H43N3O4/c1-10-11-16-29(24(31)21(17(2)3)28-25(32)33-26(7,8)9)22(23(30)27-18(4)5)20-15-13-12-14-19(20)6/h12-15,17-18,21-22H,10-11,16H2,1-9H3,(H,27,30)(H,28,32). The molecule has 0 bridgehead atoms. The number of nitrogens with one attached hydrogen (secondary N) is 2. The Kier molecular flexibility index (Phi) is 10.9. The summed E-state index contributed by atoms with van der Waals surface area (Å²) in [7, 11) is 0. The Labute approximate surface area is 199 Å². The normalized spacial score (nSPS) is 13.4. The molecule has 0 saturated carbocycles. The van der Waals surface area contributed by atoms with Gasteiger partial charge in [-0.2, -0.15) is 0 Å². The van der Waals surface area contributed by atoms with Crippen LogP contribution in [0, 0.1) is 12.8 Å². The van der Waals surface area contributed by atoms with Crippen molar-refractivity contribution in [3.63, 3.8) is 0 Å². The molecule has 0 fully saturated rings. The van der Waals surface area contributed by atoms with E-state index in [9.17, 15) is 14.4 Å². The Bertz CT molecular complexity index is 799. The van der Waals surface area contributed by atoms with Crippen LogP contribution >= 0.6 is 0 Å². The largest absolute Gasteiger partial charge is 0.444 e. The molecule has 33 heavy (non-hydrogen) atoms. The van der Waals surface area contributed by atoms with Crippen molar-refractivity contribution in [1.29, 1.82) is 0 Å². The third-order valence-electron chi connectivity index (χ3n) is 5.11. The Morgan fingerprint density at radius 3 is 2.12 bits per heavy atom.